The third kappa shape index (κ3) is 2.54. The smallest absolute Gasteiger partial charge is 0.408 e. The number of hydrogen-bond donors (Lipinski definition) is 3. The SMILES string of the molecule is CNCCNC(=O)c1ccc2[nH]c(=O)oc2c1. The number of fused-ring (bicyclic) bond motifs is 1. The van der Waals surface area contributed by atoms with Crippen LogP contribution in [0.5, 0.6) is 0 Å². The van der Waals surface area contributed by atoms with Crippen LogP contribution in [0.15, 0.2) is 27.4 Å². The Hall–Kier alpha value is -2.08. The molecule has 2 aromatic rings. The molecule has 0 bridgehead atoms. The molecule has 90 valence electrons. The summed E-state index contributed by atoms with van der Waals surface area (Å²) < 4.78 is 4.88. The van der Waals surface area contributed by atoms with Crippen molar-refractivity contribution in [3.8, 4) is 0 Å². The molecule has 1 aromatic heterocycles. The molecule has 6 nitrogen and oxygen atoms in total. The van der Waals surface area contributed by atoms with Crippen molar-refractivity contribution in [2.75, 3.05) is 20.1 Å². The molecule has 0 saturated heterocycles. The van der Waals surface area contributed by atoms with Gasteiger partial charge in [-0.15, -0.1) is 0 Å². The number of benzene rings is 1. The summed E-state index contributed by atoms with van der Waals surface area (Å²) in [6.07, 6.45) is 0. The van der Waals surface area contributed by atoms with Crippen molar-refractivity contribution in [3.63, 3.8) is 0 Å². The number of carbonyl (C=O) groups excluding carboxylic acids is 1. The minimum atomic E-state index is -0.521. The minimum absolute atomic E-state index is 0.189. The standard InChI is InChI=1S/C11H13N3O3/c1-12-4-5-13-10(15)7-2-3-8-9(6-7)17-11(16)14-8/h2-3,6,12H,4-5H2,1H3,(H,13,15)(H,14,16). The average Bonchev–Trinajstić information content (AvgIpc) is 2.68. The second kappa shape index (κ2) is 4.84. The molecule has 0 fully saturated rings. The topological polar surface area (TPSA) is 87.1 Å². The molecule has 0 unspecified atom stereocenters. The van der Waals surface area contributed by atoms with Gasteiger partial charge >= 0.3 is 5.76 Å². The van der Waals surface area contributed by atoms with Crippen LogP contribution in [0.2, 0.25) is 0 Å². The molecule has 0 radical (unpaired) electrons. The summed E-state index contributed by atoms with van der Waals surface area (Å²) in [6, 6.07) is 4.83. The molecule has 1 amide bonds. The zero-order valence-corrected chi connectivity index (χ0v) is 9.37. The fraction of sp³-hybridized carbons (Fsp3) is 0.273. The zero-order chi connectivity index (χ0) is 12.3. The first-order valence-corrected chi connectivity index (χ1v) is 5.26. The number of likely N-dealkylation sites (N-methyl/N-ethyl adjacent to an activating group) is 1. The predicted molar refractivity (Wildman–Crippen MR) is 63.1 cm³/mol. The first-order valence-electron chi connectivity index (χ1n) is 5.26. The number of rotatable bonds is 4. The van der Waals surface area contributed by atoms with Crippen LogP contribution in [0.25, 0.3) is 11.1 Å². The molecule has 2 rings (SSSR count). The van der Waals surface area contributed by atoms with Gasteiger partial charge in [0.2, 0.25) is 0 Å². The Kier molecular flexibility index (Phi) is 3.24. The maximum Gasteiger partial charge on any atom is 0.417 e. The van der Waals surface area contributed by atoms with Crippen LogP contribution >= 0.6 is 0 Å². The summed E-state index contributed by atoms with van der Waals surface area (Å²) in [6.45, 7) is 1.25. The minimum Gasteiger partial charge on any atom is -0.408 e. The highest BCUT2D eigenvalue weighted by atomic mass is 16.4. The van der Waals surface area contributed by atoms with Gasteiger partial charge in [-0.3, -0.25) is 9.78 Å². The predicted octanol–water partition coefficient (Wildman–Crippen LogP) is 0.0703. The lowest BCUT2D eigenvalue weighted by molar-refractivity contribution is 0.0954. The van der Waals surface area contributed by atoms with Crippen LogP contribution in [0, 0.1) is 0 Å². The molecule has 0 atom stereocenters. The van der Waals surface area contributed by atoms with E-state index in [1.54, 1.807) is 18.2 Å². The monoisotopic (exact) mass is 235 g/mol. The van der Waals surface area contributed by atoms with Gasteiger partial charge in [-0.1, -0.05) is 0 Å². The fourth-order valence-corrected chi connectivity index (χ4v) is 1.49. The van der Waals surface area contributed by atoms with E-state index < -0.39 is 5.76 Å². The molecule has 0 saturated carbocycles. The third-order valence-corrected chi connectivity index (χ3v) is 2.34. The highest BCUT2D eigenvalue weighted by Gasteiger charge is 2.08. The number of hydrogen-bond acceptors (Lipinski definition) is 4. The van der Waals surface area contributed by atoms with E-state index in [0.29, 0.717) is 29.8 Å². The van der Waals surface area contributed by atoms with Crippen molar-refractivity contribution < 1.29 is 9.21 Å². The summed E-state index contributed by atoms with van der Waals surface area (Å²) in [5.41, 5.74) is 1.44. The molecule has 0 aliphatic heterocycles. The number of amides is 1. The molecule has 0 aliphatic carbocycles. The van der Waals surface area contributed by atoms with Gasteiger partial charge in [0, 0.05) is 18.7 Å². The molecule has 0 aliphatic rings. The van der Waals surface area contributed by atoms with Crippen LogP contribution in [-0.2, 0) is 0 Å². The third-order valence-electron chi connectivity index (χ3n) is 2.34. The van der Waals surface area contributed by atoms with Crippen LogP contribution < -0.4 is 16.4 Å². The van der Waals surface area contributed by atoms with Gasteiger partial charge in [-0.25, -0.2) is 4.79 Å². The highest BCUT2D eigenvalue weighted by Crippen LogP contribution is 2.11. The Labute approximate surface area is 97.0 Å². The number of aromatic nitrogens is 1. The summed E-state index contributed by atoms with van der Waals surface area (Å²) in [4.78, 5) is 25.2. The molecule has 3 N–H and O–H groups in total. The number of nitrogens with one attached hydrogen (secondary N) is 3. The van der Waals surface area contributed by atoms with E-state index >= 15 is 0 Å². The average molecular weight is 235 g/mol. The van der Waals surface area contributed by atoms with Gasteiger partial charge in [0.1, 0.15) is 0 Å². The Morgan fingerprint density at radius 1 is 1.41 bits per heavy atom. The fourth-order valence-electron chi connectivity index (χ4n) is 1.49. The molecule has 0 spiro atoms. The molecule has 6 heteroatoms. The zero-order valence-electron chi connectivity index (χ0n) is 9.37. The van der Waals surface area contributed by atoms with Crippen LogP contribution in [-0.4, -0.2) is 31.0 Å². The normalized spacial score (nSPS) is 10.6. The molecule has 1 heterocycles. The number of H-pyrrole nitrogens is 1. The van der Waals surface area contributed by atoms with Gasteiger partial charge in [0.15, 0.2) is 5.58 Å². The van der Waals surface area contributed by atoms with Crippen molar-refractivity contribution in [2.24, 2.45) is 0 Å². The molecule has 17 heavy (non-hydrogen) atoms. The highest BCUT2D eigenvalue weighted by molar-refractivity contribution is 5.96. The Balaban J connectivity index is 2.17. The van der Waals surface area contributed by atoms with Crippen molar-refractivity contribution in [1.82, 2.24) is 15.6 Å². The van der Waals surface area contributed by atoms with Gasteiger partial charge in [-0.05, 0) is 25.2 Å². The van der Waals surface area contributed by atoms with Crippen LogP contribution in [0.1, 0.15) is 10.4 Å². The Bertz CT molecular complexity index is 585. The van der Waals surface area contributed by atoms with E-state index in [0.717, 1.165) is 0 Å². The first-order chi connectivity index (χ1) is 8.20. The molecular formula is C11H13N3O3. The van der Waals surface area contributed by atoms with E-state index in [9.17, 15) is 9.59 Å². The lowest BCUT2D eigenvalue weighted by atomic mass is 10.2. The first kappa shape index (κ1) is 11.4. The Morgan fingerprint density at radius 3 is 3.00 bits per heavy atom. The van der Waals surface area contributed by atoms with Crippen LogP contribution in [0.4, 0.5) is 0 Å². The van der Waals surface area contributed by atoms with Gasteiger partial charge in [0.25, 0.3) is 5.91 Å². The summed E-state index contributed by atoms with van der Waals surface area (Å²) >= 11 is 0. The number of carbonyl (C=O) groups is 1. The maximum atomic E-state index is 11.7. The van der Waals surface area contributed by atoms with Gasteiger partial charge < -0.3 is 15.1 Å². The van der Waals surface area contributed by atoms with E-state index in [-0.39, 0.29) is 5.91 Å². The second-order valence-corrected chi connectivity index (χ2v) is 3.58. The Morgan fingerprint density at radius 2 is 2.24 bits per heavy atom. The van der Waals surface area contributed by atoms with E-state index in [1.165, 1.54) is 0 Å². The van der Waals surface area contributed by atoms with Gasteiger partial charge in [-0.2, -0.15) is 0 Å². The summed E-state index contributed by atoms with van der Waals surface area (Å²) in [5.74, 6) is -0.709. The lowest BCUT2D eigenvalue weighted by Gasteiger charge is -2.04. The van der Waals surface area contributed by atoms with Crippen molar-refractivity contribution in [3.05, 3.63) is 34.3 Å². The van der Waals surface area contributed by atoms with Crippen LogP contribution in [0.3, 0.4) is 0 Å². The van der Waals surface area contributed by atoms with E-state index in [2.05, 4.69) is 15.6 Å². The van der Waals surface area contributed by atoms with Crippen molar-refractivity contribution >= 4 is 17.0 Å². The molecular weight excluding hydrogens is 222 g/mol. The van der Waals surface area contributed by atoms with E-state index in [4.69, 9.17) is 4.42 Å². The quantitative estimate of drug-likeness (QED) is 0.654. The number of aromatic amines is 1. The van der Waals surface area contributed by atoms with Gasteiger partial charge in [0.05, 0.1) is 5.52 Å². The van der Waals surface area contributed by atoms with Crippen molar-refractivity contribution in [1.29, 1.82) is 0 Å². The number of oxazole rings is 1. The largest absolute Gasteiger partial charge is 0.417 e. The lowest BCUT2D eigenvalue weighted by Crippen LogP contribution is -2.30. The summed E-state index contributed by atoms with van der Waals surface area (Å²) in [5, 5.41) is 5.67. The maximum absolute atomic E-state index is 11.7. The van der Waals surface area contributed by atoms with E-state index in [1.807, 2.05) is 7.05 Å². The molecule has 1 aromatic carbocycles. The summed E-state index contributed by atoms with van der Waals surface area (Å²) in [7, 11) is 1.81. The second-order valence-electron chi connectivity index (χ2n) is 3.58. The van der Waals surface area contributed by atoms with Crippen molar-refractivity contribution in [2.45, 2.75) is 0 Å².